The Hall–Kier alpha value is -3.64. The normalized spacial score (nSPS) is 11.6. The molecular weight excluding hydrogens is 523 g/mol. The molecule has 0 aliphatic rings. The smallest absolute Gasteiger partial charge is 0.431 e. The zero-order valence-corrected chi connectivity index (χ0v) is 20.5. The summed E-state index contributed by atoms with van der Waals surface area (Å²) in [6, 6.07) is 8.20. The molecule has 0 amide bonds. The summed E-state index contributed by atoms with van der Waals surface area (Å²) in [7, 11) is 2.17. The summed E-state index contributed by atoms with van der Waals surface area (Å²) in [4.78, 5) is 36.7. The number of carbonyl (C=O) groups excluding carboxylic acids is 1. The van der Waals surface area contributed by atoms with E-state index in [2.05, 4.69) is 9.11 Å². The molecular formula is C23H17ClF3N3O5S. The van der Waals surface area contributed by atoms with Gasteiger partial charge in [-0.05, 0) is 54.4 Å². The van der Waals surface area contributed by atoms with E-state index in [0.29, 0.717) is 36.5 Å². The van der Waals surface area contributed by atoms with Crippen LogP contribution in [0.2, 0.25) is 5.02 Å². The third kappa shape index (κ3) is 4.61. The van der Waals surface area contributed by atoms with Gasteiger partial charge < -0.3 is 9.47 Å². The van der Waals surface area contributed by atoms with Crippen LogP contribution in [-0.2, 0) is 22.8 Å². The van der Waals surface area contributed by atoms with E-state index < -0.39 is 29.1 Å². The van der Waals surface area contributed by atoms with Crippen LogP contribution in [0.3, 0.4) is 0 Å². The Morgan fingerprint density at radius 1 is 1.17 bits per heavy atom. The number of esters is 1. The number of aromatic nitrogens is 3. The van der Waals surface area contributed by atoms with Crippen LogP contribution < -0.4 is 16.0 Å². The highest BCUT2D eigenvalue weighted by Gasteiger charge is 2.35. The zero-order chi connectivity index (χ0) is 26.4. The standard InChI is InChI=1S/C23H17ClF3N3O5S/c1-11-6-15(24)16(35-10-20(32)34-3)8-13(11)21-14-7-12(4-5-17(14)36-28-21)30-19(31)9-18(23(25,26)27)29(2)22(30)33/h4-9H,10H2,1-3H3. The molecule has 188 valence electrons. The molecule has 0 fully saturated rings. The van der Waals surface area contributed by atoms with E-state index in [0.717, 1.165) is 24.1 Å². The summed E-state index contributed by atoms with van der Waals surface area (Å²) in [6.45, 7) is 1.43. The van der Waals surface area contributed by atoms with Gasteiger partial charge >= 0.3 is 17.8 Å². The Kier molecular flexibility index (Phi) is 6.67. The third-order valence-corrected chi connectivity index (χ3v) is 6.55. The van der Waals surface area contributed by atoms with Crippen LogP contribution in [0.1, 0.15) is 11.3 Å². The van der Waals surface area contributed by atoms with Crippen molar-refractivity contribution in [3.63, 3.8) is 0 Å². The highest BCUT2D eigenvalue weighted by atomic mass is 35.5. The number of alkyl halides is 3. The molecule has 0 N–H and O–H groups in total. The first-order valence-electron chi connectivity index (χ1n) is 10.2. The second kappa shape index (κ2) is 9.43. The van der Waals surface area contributed by atoms with Gasteiger partial charge in [0.1, 0.15) is 11.4 Å². The first-order valence-corrected chi connectivity index (χ1v) is 11.4. The predicted molar refractivity (Wildman–Crippen MR) is 128 cm³/mol. The fraction of sp³-hybridized carbons (Fsp3) is 0.217. The first-order chi connectivity index (χ1) is 16.9. The maximum absolute atomic E-state index is 13.2. The monoisotopic (exact) mass is 539 g/mol. The van der Waals surface area contributed by atoms with Crippen LogP contribution in [0, 0.1) is 6.92 Å². The minimum atomic E-state index is -4.86. The van der Waals surface area contributed by atoms with Gasteiger partial charge in [-0.1, -0.05) is 11.6 Å². The van der Waals surface area contributed by atoms with Crippen molar-refractivity contribution >= 4 is 39.2 Å². The lowest BCUT2D eigenvalue weighted by molar-refractivity contribution is -0.144. The Labute approximate surface area is 210 Å². The van der Waals surface area contributed by atoms with E-state index in [9.17, 15) is 27.6 Å². The van der Waals surface area contributed by atoms with Crippen LogP contribution >= 0.6 is 23.1 Å². The molecule has 0 saturated heterocycles. The fourth-order valence-electron chi connectivity index (χ4n) is 3.61. The van der Waals surface area contributed by atoms with Crippen molar-refractivity contribution in [2.75, 3.05) is 13.7 Å². The minimum absolute atomic E-state index is 0.0806. The molecule has 13 heteroatoms. The predicted octanol–water partition coefficient (Wildman–Crippen LogP) is 4.35. The van der Waals surface area contributed by atoms with Gasteiger partial charge in [-0.25, -0.2) is 14.2 Å². The van der Waals surface area contributed by atoms with Gasteiger partial charge in [-0.2, -0.15) is 17.5 Å². The number of methoxy groups -OCH3 is 1. The highest BCUT2D eigenvalue weighted by Crippen LogP contribution is 2.38. The fourth-order valence-corrected chi connectivity index (χ4v) is 4.65. The quantitative estimate of drug-likeness (QED) is 0.350. The van der Waals surface area contributed by atoms with Crippen molar-refractivity contribution in [1.29, 1.82) is 0 Å². The lowest BCUT2D eigenvalue weighted by Crippen LogP contribution is -2.40. The van der Waals surface area contributed by atoms with Gasteiger partial charge in [0.05, 0.1) is 28.2 Å². The summed E-state index contributed by atoms with van der Waals surface area (Å²) in [5.74, 6) is -0.381. The highest BCUT2D eigenvalue weighted by molar-refractivity contribution is 7.13. The van der Waals surface area contributed by atoms with Gasteiger partial charge in [0.25, 0.3) is 5.56 Å². The van der Waals surface area contributed by atoms with E-state index in [1.807, 2.05) is 0 Å². The Morgan fingerprint density at radius 3 is 2.56 bits per heavy atom. The molecule has 4 rings (SSSR count). The number of carbonyl (C=O) groups is 1. The summed E-state index contributed by atoms with van der Waals surface area (Å²) < 4.78 is 55.9. The van der Waals surface area contributed by atoms with Crippen molar-refractivity contribution in [3.8, 4) is 22.7 Å². The number of benzene rings is 2. The van der Waals surface area contributed by atoms with E-state index >= 15 is 0 Å². The third-order valence-electron chi connectivity index (χ3n) is 5.43. The molecule has 8 nitrogen and oxygen atoms in total. The van der Waals surface area contributed by atoms with E-state index in [-0.39, 0.29) is 23.1 Å². The van der Waals surface area contributed by atoms with Crippen LogP contribution in [-0.4, -0.2) is 33.2 Å². The number of nitrogens with zero attached hydrogens (tertiary/aromatic N) is 3. The molecule has 2 aromatic carbocycles. The van der Waals surface area contributed by atoms with Gasteiger partial charge in [0.2, 0.25) is 0 Å². The Balaban J connectivity index is 1.86. The number of halogens is 4. The van der Waals surface area contributed by atoms with Crippen molar-refractivity contribution in [2.45, 2.75) is 13.1 Å². The number of hydrogen-bond acceptors (Lipinski definition) is 7. The van der Waals surface area contributed by atoms with Gasteiger partial charge in [-0.15, -0.1) is 0 Å². The second-order valence-electron chi connectivity index (χ2n) is 7.72. The first kappa shape index (κ1) is 25.5. The van der Waals surface area contributed by atoms with Crippen LogP contribution in [0.4, 0.5) is 13.2 Å². The molecule has 36 heavy (non-hydrogen) atoms. The molecule has 0 aliphatic heterocycles. The average Bonchev–Trinajstić information content (AvgIpc) is 3.23. The lowest BCUT2D eigenvalue weighted by Gasteiger charge is -2.14. The summed E-state index contributed by atoms with van der Waals surface area (Å²) >= 11 is 7.41. The van der Waals surface area contributed by atoms with E-state index in [1.165, 1.54) is 19.2 Å². The number of ether oxygens (including phenoxy) is 2. The topological polar surface area (TPSA) is 92.4 Å². The van der Waals surface area contributed by atoms with Crippen molar-refractivity contribution in [2.24, 2.45) is 7.05 Å². The Morgan fingerprint density at radius 2 is 1.89 bits per heavy atom. The molecule has 0 bridgehead atoms. The molecule has 0 atom stereocenters. The maximum atomic E-state index is 13.2. The second-order valence-corrected chi connectivity index (χ2v) is 8.93. The van der Waals surface area contributed by atoms with Crippen LogP contribution in [0.25, 0.3) is 27.0 Å². The molecule has 2 aromatic heterocycles. The summed E-state index contributed by atoms with van der Waals surface area (Å²) in [5, 5.41) is 0.816. The minimum Gasteiger partial charge on any atom is -0.480 e. The zero-order valence-electron chi connectivity index (χ0n) is 19.0. The Bertz CT molecular complexity index is 1620. The van der Waals surface area contributed by atoms with Gasteiger partial charge in [0.15, 0.2) is 6.61 Å². The number of fused-ring (bicyclic) bond motifs is 1. The van der Waals surface area contributed by atoms with E-state index in [1.54, 1.807) is 25.1 Å². The van der Waals surface area contributed by atoms with Crippen LogP contribution in [0.5, 0.6) is 5.75 Å². The lowest BCUT2D eigenvalue weighted by atomic mass is 10.0. The van der Waals surface area contributed by atoms with Crippen molar-refractivity contribution in [1.82, 2.24) is 13.5 Å². The number of hydrogen-bond donors (Lipinski definition) is 0. The molecule has 0 saturated carbocycles. The summed E-state index contributed by atoms with van der Waals surface area (Å²) in [5.41, 5.74) is -1.71. The average molecular weight is 540 g/mol. The maximum Gasteiger partial charge on any atom is 0.431 e. The molecule has 2 heterocycles. The number of aryl methyl sites for hydroxylation is 1. The van der Waals surface area contributed by atoms with Crippen molar-refractivity contribution < 1.29 is 27.4 Å². The van der Waals surface area contributed by atoms with Crippen molar-refractivity contribution in [3.05, 3.63) is 73.5 Å². The SMILES string of the molecule is COC(=O)COc1cc(-c2nsc3ccc(-n4c(=O)cc(C(F)(F)F)n(C)c4=O)cc23)c(C)cc1Cl. The number of rotatable bonds is 5. The molecule has 0 aliphatic carbocycles. The molecule has 0 radical (unpaired) electrons. The molecule has 0 unspecified atom stereocenters. The van der Waals surface area contributed by atoms with Gasteiger partial charge in [-0.3, -0.25) is 9.36 Å². The van der Waals surface area contributed by atoms with E-state index in [4.69, 9.17) is 16.3 Å². The summed E-state index contributed by atoms with van der Waals surface area (Å²) in [6.07, 6.45) is -4.86. The molecule has 4 aromatic rings. The van der Waals surface area contributed by atoms with Crippen LogP contribution in [0.15, 0.2) is 46.0 Å². The van der Waals surface area contributed by atoms with Gasteiger partial charge in [0, 0.05) is 24.1 Å². The molecule has 0 spiro atoms. The largest absolute Gasteiger partial charge is 0.480 e.